The molecule has 0 N–H and O–H groups in total. The number of aryl methyl sites for hydroxylation is 1. The number of rotatable bonds is 3. The zero-order valence-electron chi connectivity index (χ0n) is 7.36. The van der Waals surface area contributed by atoms with E-state index in [1.807, 2.05) is 19.1 Å². The molecule has 1 radical (unpaired) electrons. The van der Waals surface area contributed by atoms with Gasteiger partial charge in [0.25, 0.3) is 0 Å². The largest absolute Gasteiger partial charge is 0.492 e. The van der Waals surface area contributed by atoms with Crippen molar-refractivity contribution in [3.8, 4) is 5.75 Å². The highest BCUT2D eigenvalue weighted by molar-refractivity contribution is 9.10. The molecule has 1 nitrogen and oxygen atoms in total. The van der Waals surface area contributed by atoms with Crippen LogP contribution in [0.4, 0.5) is 0 Å². The number of ether oxygens (including phenoxy) is 1. The van der Waals surface area contributed by atoms with Crippen molar-refractivity contribution in [3.05, 3.63) is 28.2 Å². The molecule has 0 atom stereocenters. The van der Waals surface area contributed by atoms with Crippen molar-refractivity contribution in [2.24, 2.45) is 0 Å². The van der Waals surface area contributed by atoms with Crippen LogP contribution in [0.5, 0.6) is 5.75 Å². The molecule has 12 heavy (non-hydrogen) atoms. The molecule has 0 aliphatic rings. The summed E-state index contributed by atoms with van der Waals surface area (Å²) in [5.74, 6) is 0.910. The molecular weight excluding hydrogens is 216 g/mol. The van der Waals surface area contributed by atoms with Gasteiger partial charge in [0, 0.05) is 0 Å². The van der Waals surface area contributed by atoms with Crippen LogP contribution in [0.25, 0.3) is 0 Å². The number of halogens is 1. The summed E-state index contributed by atoms with van der Waals surface area (Å²) < 4.78 is 6.47. The summed E-state index contributed by atoms with van der Waals surface area (Å²) in [7, 11) is 0. The highest BCUT2D eigenvalue weighted by Crippen LogP contribution is 2.25. The van der Waals surface area contributed by atoms with Crippen LogP contribution in [0.2, 0.25) is 0 Å². The van der Waals surface area contributed by atoms with Crippen molar-refractivity contribution in [1.29, 1.82) is 0 Å². The summed E-state index contributed by atoms with van der Waals surface area (Å²) in [6, 6.07) is 6.96. The average molecular weight is 228 g/mol. The molecule has 1 aromatic rings. The number of benzene rings is 1. The predicted molar refractivity (Wildman–Crippen MR) is 53.5 cm³/mol. The Hall–Kier alpha value is -0.500. The summed E-state index contributed by atoms with van der Waals surface area (Å²) in [5.41, 5.74) is 1.10. The van der Waals surface area contributed by atoms with Crippen LogP contribution in [-0.4, -0.2) is 6.61 Å². The van der Waals surface area contributed by atoms with E-state index in [-0.39, 0.29) is 0 Å². The van der Waals surface area contributed by atoms with Gasteiger partial charge < -0.3 is 4.74 Å². The lowest BCUT2D eigenvalue weighted by atomic mass is 10.2. The number of hydrogen-bond donors (Lipinski definition) is 0. The van der Waals surface area contributed by atoms with E-state index in [0.29, 0.717) is 0 Å². The lowest BCUT2D eigenvalue weighted by Gasteiger charge is -2.06. The molecule has 0 saturated heterocycles. The van der Waals surface area contributed by atoms with Gasteiger partial charge in [-0.05, 0) is 53.0 Å². The first-order valence-electron chi connectivity index (χ1n) is 4.04. The van der Waals surface area contributed by atoms with Crippen molar-refractivity contribution in [2.75, 3.05) is 6.61 Å². The normalized spacial score (nSPS) is 9.92. The van der Waals surface area contributed by atoms with Crippen LogP contribution < -0.4 is 4.74 Å². The third-order valence-electron chi connectivity index (χ3n) is 1.47. The van der Waals surface area contributed by atoms with E-state index in [1.165, 1.54) is 0 Å². The van der Waals surface area contributed by atoms with E-state index >= 15 is 0 Å². The Morgan fingerprint density at radius 3 is 3.00 bits per heavy atom. The Kier molecular flexibility index (Phi) is 3.60. The highest BCUT2D eigenvalue weighted by Gasteiger charge is 1.99. The van der Waals surface area contributed by atoms with Gasteiger partial charge in [0.1, 0.15) is 5.75 Å². The second-order valence-corrected chi connectivity index (χ2v) is 3.53. The summed E-state index contributed by atoms with van der Waals surface area (Å²) in [4.78, 5) is 0. The monoisotopic (exact) mass is 227 g/mol. The molecule has 0 heterocycles. The zero-order valence-corrected chi connectivity index (χ0v) is 8.94. The zero-order chi connectivity index (χ0) is 8.97. The van der Waals surface area contributed by atoms with Crippen LogP contribution >= 0.6 is 15.9 Å². The number of hydrogen-bond acceptors (Lipinski definition) is 1. The predicted octanol–water partition coefficient (Wildman–Crippen LogP) is 3.35. The van der Waals surface area contributed by atoms with Gasteiger partial charge in [-0.3, -0.25) is 0 Å². The summed E-state index contributed by atoms with van der Waals surface area (Å²) >= 11 is 3.40. The first-order valence-corrected chi connectivity index (χ1v) is 4.84. The van der Waals surface area contributed by atoms with Crippen molar-refractivity contribution < 1.29 is 4.74 Å². The van der Waals surface area contributed by atoms with Crippen molar-refractivity contribution >= 4 is 15.9 Å². The Labute approximate surface area is 81.9 Å². The van der Waals surface area contributed by atoms with Crippen LogP contribution in [-0.2, 0) is 0 Å². The minimum atomic E-state index is 0.766. The molecule has 0 amide bonds. The van der Waals surface area contributed by atoms with E-state index in [4.69, 9.17) is 4.74 Å². The first kappa shape index (κ1) is 9.59. The molecule has 0 fully saturated rings. The fraction of sp³-hybridized carbons (Fsp3) is 0.400. The molecule has 1 rings (SSSR count). The molecule has 0 bridgehead atoms. The average Bonchev–Trinajstić information content (AvgIpc) is 2.07. The van der Waals surface area contributed by atoms with E-state index in [2.05, 4.69) is 28.9 Å². The van der Waals surface area contributed by atoms with E-state index in [9.17, 15) is 0 Å². The van der Waals surface area contributed by atoms with E-state index in [0.717, 1.165) is 28.8 Å². The van der Waals surface area contributed by atoms with Gasteiger partial charge >= 0.3 is 0 Å². The third kappa shape index (κ3) is 2.52. The Morgan fingerprint density at radius 2 is 2.33 bits per heavy atom. The highest BCUT2D eigenvalue weighted by atomic mass is 79.9. The summed E-state index contributed by atoms with van der Waals surface area (Å²) in [6.45, 7) is 4.86. The first-order chi connectivity index (χ1) is 5.74. The minimum absolute atomic E-state index is 0.766. The fourth-order valence-electron chi connectivity index (χ4n) is 0.878. The van der Waals surface area contributed by atoms with Gasteiger partial charge in [-0.2, -0.15) is 0 Å². The van der Waals surface area contributed by atoms with Gasteiger partial charge in [-0.25, -0.2) is 0 Å². The lowest BCUT2D eigenvalue weighted by Crippen LogP contribution is -1.95. The fourth-order valence-corrected chi connectivity index (χ4v) is 1.22. The molecule has 65 valence electrons. The Balaban J connectivity index is 2.75. The third-order valence-corrected chi connectivity index (χ3v) is 2.09. The SMILES string of the molecule is CCCOc1cc(C)[c]cc1Br. The van der Waals surface area contributed by atoms with Crippen LogP contribution in [0.3, 0.4) is 0 Å². The van der Waals surface area contributed by atoms with E-state index < -0.39 is 0 Å². The summed E-state index contributed by atoms with van der Waals surface area (Å²) in [5, 5.41) is 0. The molecule has 0 aliphatic heterocycles. The Bertz CT molecular complexity index is 258. The van der Waals surface area contributed by atoms with Gasteiger partial charge in [0.05, 0.1) is 11.1 Å². The van der Waals surface area contributed by atoms with Crippen LogP contribution in [0.1, 0.15) is 18.9 Å². The standard InChI is InChI=1S/C10H12BrO/c1-3-6-12-10-7-8(2)4-5-9(10)11/h5,7H,3,6H2,1-2H3. The molecule has 0 unspecified atom stereocenters. The second-order valence-electron chi connectivity index (χ2n) is 2.68. The van der Waals surface area contributed by atoms with Crippen LogP contribution in [0.15, 0.2) is 16.6 Å². The molecule has 2 heteroatoms. The molecule has 0 spiro atoms. The Morgan fingerprint density at radius 1 is 1.58 bits per heavy atom. The maximum atomic E-state index is 5.50. The van der Waals surface area contributed by atoms with Crippen molar-refractivity contribution in [1.82, 2.24) is 0 Å². The van der Waals surface area contributed by atoms with Gasteiger partial charge in [0.2, 0.25) is 0 Å². The molecular formula is C10H12BrO. The maximum Gasteiger partial charge on any atom is 0.133 e. The van der Waals surface area contributed by atoms with E-state index in [1.54, 1.807) is 0 Å². The lowest BCUT2D eigenvalue weighted by molar-refractivity contribution is 0.315. The second kappa shape index (κ2) is 4.51. The van der Waals surface area contributed by atoms with Crippen molar-refractivity contribution in [3.63, 3.8) is 0 Å². The quantitative estimate of drug-likeness (QED) is 0.770. The molecule has 0 saturated carbocycles. The van der Waals surface area contributed by atoms with Gasteiger partial charge in [-0.15, -0.1) is 0 Å². The van der Waals surface area contributed by atoms with Crippen molar-refractivity contribution in [2.45, 2.75) is 20.3 Å². The minimum Gasteiger partial charge on any atom is -0.492 e. The molecule has 1 aromatic carbocycles. The molecule has 0 aliphatic carbocycles. The van der Waals surface area contributed by atoms with Gasteiger partial charge in [0.15, 0.2) is 0 Å². The topological polar surface area (TPSA) is 9.23 Å². The van der Waals surface area contributed by atoms with Gasteiger partial charge in [-0.1, -0.05) is 6.92 Å². The molecule has 0 aromatic heterocycles. The smallest absolute Gasteiger partial charge is 0.133 e. The van der Waals surface area contributed by atoms with Crippen LogP contribution in [0, 0.1) is 13.0 Å². The summed E-state index contributed by atoms with van der Waals surface area (Å²) in [6.07, 6.45) is 1.03. The maximum absolute atomic E-state index is 5.50.